The normalized spacial score (nSPS) is 20.4. The van der Waals surface area contributed by atoms with E-state index in [1.54, 1.807) is 7.11 Å². The van der Waals surface area contributed by atoms with Gasteiger partial charge >= 0.3 is 5.97 Å². The second-order valence-electron chi connectivity index (χ2n) is 4.07. The lowest BCUT2D eigenvalue weighted by atomic mass is 10.1. The standard InChI is InChI=1S/C11H16N2O3S/c1-16-6-8-9(11(14)15)17-10(13-8)7-4-2-3-5-12-7/h7,12H,2-6H2,1H3,(H,14,15). The summed E-state index contributed by atoms with van der Waals surface area (Å²) < 4.78 is 4.98. The summed E-state index contributed by atoms with van der Waals surface area (Å²) in [6.07, 6.45) is 3.37. The number of nitrogens with one attached hydrogen (secondary N) is 1. The smallest absolute Gasteiger partial charge is 0.347 e. The monoisotopic (exact) mass is 256 g/mol. The molecule has 0 amide bonds. The summed E-state index contributed by atoms with van der Waals surface area (Å²) >= 11 is 1.26. The van der Waals surface area contributed by atoms with E-state index >= 15 is 0 Å². The predicted octanol–water partition coefficient (Wildman–Crippen LogP) is 1.80. The average Bonchev–Trinajstić information content (AvgIpc) is 2.75. The van der Waals surface area contributed by atoms with Crippen LogP contribution in [-0.4, -0.2) is 29.7 Å². The third-order valence-electron chi connectivity index (χ3n) is 2.80. The average molecular weight is 256 g/mol. The minimum absolute atomic E-state index is 0.206. The summed E-state index contributed by atoms with van der Waals surface area (Å²) in [7, 11) is 1.55. The molecule has 94 valence electrons. The molecule has 1 aromatic rings. The lowest BCUT2D eigenvalue weighted by Crippen LogP contribution is -2.26. The largest absolute Gasteiger partial charge is 0.477 e. The molecule has 1 fully saturated rings. The van der Waals surface area contributed by atoms with E-state index in [0.717, 1.165) is 18.0 Å². The van der Waals surface area contributed by atoms with Crippen LogP contribution in [0.1, 0.15) is 45.7 Å². The van der Waals surface area contributed by atoms with Gasteiger partial charge in [-0.15, -0.1) is 11.3 Å². The summed E-state index contributed by atoms with van der Waals surface area (Å²) in [5.74, 6) is -0.920. The zero-order valence-electron chi connectivity index (χ0n) is 9.73. The molecule has 1 aliphatic rings. The third kappa shape index (κ3) is 2.83. The van der Waals surface area contributed by atoms with Gasteiger partial charge in [-0.25, -0.2) is 9.78 Å². The summed E-state index contributed by atoms with van der Waals surface area (Å²) in [4.78, 5) is 15.8. The van der Waals surface area contributed by atoms with Gasteiger partial charge in [-0.3, -0.25) is 0 Å². The highest BCUT2D eigenvalue weighted by Gasteiger charge is 2.23. The topological polar surface area (TPSA) is 71.5 Å². The quantitative estimate of drug-likeness (QED) is 0.859. The SMILES string of the molecule is COCc1nc(C2CCCCN2)sc1C(=O)O. The molecule has 0 saturated carbocycles. The van der Waals surface area contributed by atoms with E-state index in [2.05, 4.69) is 10.3 Å². The second-order valence-corrected chi connectivity index (χ2v) is 5.10. The number of aromatic carboxylic acids is 1. The maximum atomic E-state index is 11.1. The van der Waals surface area contributed by atoms with Crippen molar-refractivity contribution in [1.29, 1.82) is 0 Å². The summed E-state index contributed by atoms with van der Waals surface area (Å²) in [5, 5.41) is 13.3. The van der Waals surface area contributed by atoms with Crippen LogP contribution < -0.4 is 5.32 Å². The van der Waals surface area contributed by atoms with E-state index in [4.69, 9.17) is 9.84 Å². The van der Waals surface area contributed by atoms with Crippen molar-refractivity contribution < 1.29 is 14.6 Å². The number of ether oxygens (including phenoxy) is 1. The van der Waals surface area contributed by atoms with Crippen LogP contribution in [0.25, 0.3) is 0 Å². The minimum atomic E-state index is -0.920. The Kier molecular flexibility index (Phi) is 4.09. The molecule has 1 unspecified atom stereocenters. The van der Waals surface area contributed by atoms with Crippen molar-refractivity contribution in [2.75, 3.05) is 13.7 Å². The number of carboxylic acids is 1. The molecule has 1 atom stereocenters. The molecule has 0 radical (unpaired) electrons. The highest BCUT2D eigenvalue weighted by Crippen LogP contribution is 2.29. The molecule has 1 aromatic heterocycles. The first-order valence-electron chi connectivity index (χ1n) is 5.67. The van der Waals surface area contributed by atoms with Crippen molar-refractivity contribution in [2.45, 2.75) is 31.9 Å². The van der Waals surface area contributed by atoms with Crippen molar-refractivity contribution in [3.8, 4) is 0 Å². The van der Waals surface area contributed by atoms with Gasteiger partial charge < -0.3 is 15.2 Å². The molecular weight excluding hydrogens is 240 g/mol. The number of carboxylic acid groups (broad SMARTS) is 1. The van der Waals surface area contributed by atoms with Gasteiger partial charge in [0.25, 0.3) is 0 Å². The number of aromatic nitrogens is 1. The Balaban J connectivity index is 2.22. The van der Waals surface area contributed by atoms with E-state index in [0.29, 0.717) is 10.6 Å². The van der Waals surface area contributed by atoms with Gasteiger partial charge in [0.15, 0.2) is 0 Å². The van der Waals surface area contributed by atoms with Crippen LogP contribution in [0.5, 0.6) is 0 Å². The zero-order valence-corrected chi connectivity index (χ0v) is 10.5. The molecule has 5 nitrogen and oxygen atoms in total. The lowest BCUT2D eigenvalue weighted by molar-refractivity contribution is 0.0697. The predicted molar refractivity (Wildman–Crippen MR) is 64.4 cm³/mol. The molecule has 2 N–H and O–H groups in total. The molecular formula is C11H16N2O3S. The highest BCUT2D eigenvalue weighted by atomic mass is 32.1. The van der Waals surface area contributed by atoms with Gasteiger partial charge in [-0.1, -0.05) is 6.42 Å². The Hall–Kier alpha value is -0.980. The highest BCUT2D eigenvalue weighted by molar-refractivity contribution is 7.13. The van der Waals surface area contributed by atoms with Crippen LogP contribution in [-0.2, 0) is 11.3 Å². The number of hydrogen-bond acceptors (Lipinski definition) is 5. The number of nitrogens with zero attached hydrogens (tertiary/aromatic N) is 1. The third-order valence-corrected chi connectivity index (χ3v) is 4.00. The summed E-state index contributed by atoms with van der Waals surface area (Å²) in [6, 6.07) is 0.206. The van der Waals surface area contributed by atoms with Crippen molar-refractivity contribution in [2.24, 2.45) is 0 Å². The first-order chi connectivity index (χ1) is 8.22. The molecule has 0 aromatic carbocycles. The first kappa shape index (κ1) is 12.5. The number of carbonyl (C=O) groups is 1. The van der Waals surface area contributed by atoms with Crippen LogP contribution in [0.15, 0.2) is 0 Å². The van der Waals surface area contributed by atoms with Gasteiger partial charge in [-0.2, -0.15) is 0 Å². The van der Waals surface area contributed by atoms with Crippen LogP contribution in [0, 0.1) is 0 Å². The zero-order chi connectivity index (χ0) is 12.3. The van der Waals surface area contributed by atoms with Crippen molar-refractivity contribution >= 4 is 17.3 Å². The van der Waals surface area contributed by atoms with Gasteiger partial charge in [0.2, 0.25) is 0 Å². The van der Waals surface area contributed by atoms with Crippen LogP contribution >= 0.6 is 11.3 Å². The minimum Gasteiger partial charge on any atom is -0.477 e. The van der Waals surface area contributed by atoms with Crippen LogP contribution in [0.3, 0.4) is 0 Å². The van der Waals surface area contributed by atoms with Gasteiger partial charge in [0, 0.05) is 7.11 Å². The number of piperidine rings is 1. The number of rotatable bonds is 4. The fourth-order valence-corrected chi connectivity index (χ4v) is 3.00. The molecule has 0 aliphatic carbocycles. The van der Waals surface area contributed by atoms with Gasteiger partial charge in [-0.05, 0) is 19.4 Å². The second kappa shape index (κ2) is 5.57. The Labute approximate surface area is 104 Å². The van der Waals surface area contributed by atoms with Gasteiger partial charge in [0.05, 0.1) is 18.3 Å². The first-order valence-corrected chi connectivity index (χ1v) is 6.49. The summed E-state index contributed by atoms with van der Waals surface area (Å²) in [6.45, 7) is 1.23. The summed E-state index contributed by atoms with van der Waals surface area (Å²) in [5.41, 5.74) is 0.535. The van der Waals surface area contributed by atoms with Gasteiger partial charge in [0.1, 0.15) is 9.88 Å². The molecule has 1 saturated heterocycles. The molecule has 17 heavy (non-hydrogen) atoms. The maximum absolute atomic E-state index is 11.1. The molecule has 1 aliphatic heterocycles. The molecule has 6 heteroatoms. The number of hydrogen-bond donors (Lipinski definition) is 2. The van der Waals surface area contributed by atoms with Crippen LogP contribution in [0.4, 0.5) is 0 Å². The molecule has 0 bridgehead atoms. The maximum Gasteiger partial charge on any atom is 0.347 e. The fourth-order valence-electron chi connectivity index (χ4n) is 1.98. The van der Waals surface area contributed by atoms with E-state index in [1.807, 2.05) is 0 Å². The van der Waals surface area contributed by atoms with Crippen molar-refractivity contribution in [1.82, 2.24) is 10.3 Å². The number of methoxy groups -OCH3 is 1. The Morgan fingerprint density at radius 3 is 3.06 bits per heavy atom. The van der Waals surface area contributed by atoms with Crippen molar-refractivity contribution in [3.05, 3.63) is 15.6 Å². The van der Waals surface area contributed by atoms with E-state index < -0.39 is 5.97 Å². The van der Waals surface area contributed by atoms with Crippen molar-refractivity contribution in [3.63, 3.8) is 0 Å². The molecule has 2 rings (SSSR count). The van der Waals surface area contributed by atoms with E-state index in [9.17, 15) is 4.79 Å². The Bertz CT molecular complexity index is 399. The lowest BCUT2D eigenvalue weighted by Gasteiger charge is -2.21. The Morgan fingerprint density at radius 2 is 2.47 bits per heavy atom. The number of thiazole rings is 1. The fraction of sp³-hybridized carbons (Fsp3) is 0.636. The molecule has 2 heterocycles. The van der Waals surface area contributed by atoms with Crippen LogP contribution in [0.2, 0.25) is 0 Å². The Morgan fingerprint density at radius 1 is 1.65 bits per heavy atom. The van der Waals surface area contributed by atoms with E-state index in [1.165, 1.54) is 24.2 Å². The molecule has 0 spiro atoms. The van der Waals surface area contributed by atoms with E-state index in [-0.39, 0.29) is 12.6 Å².